The lowest BCUT2D eigenvalue weighted by molar-refractivity contribution is -0.143. The third-order valence-electron chi connectivity index (χ3n) is 4.85. The van der Waals surface area contributed by atoms with E-state index in [1.807, 2.05) is 6.20 Å². The van der Waals surface area contributed by atoms with Gasteiger partial charge >= 0.3 is 6.18 Å². The van der Waals surface area contributed by atoms with Gasteiger partial charge in [-0.2, -0.15) is 13.2 Å². The van der Waals surface area contributed by atoms with Crippen molar-refractivity contribution in [2.45, 2.75) is 32.0 Å². The summed E-state index contributed by atoms with van der Waals surface area (Å²) in [6.45, 7) is 2.73. The minimum absolute atomic E-state index is 0.0189. The Balaban J connectivity index is 1.47. The molecule has 1 aromatic carbocycles. The number of nitrogens with one attached hydrogen (secondary N) is 3. The second-order valence-corrected chi connectivity index (χ2v) is 7.09. The van der Waals surface area contributed by atoms with Crippen LogP contribution < -0.4 is 10.6 Å². The third-order valence-corrected chi connectivity index (χ3v) is 4.85. The second kappa shape index (κ2) is 8.21. The fourth-order valence-electron chi connectivity index (χ4n) is 3.56. The van der Waals surface area contributed by atoms with Gasteiger partial charge in [-0.1, -0.05) is 12.1 Å². The fraction of sp³-hybridized carbons (Fsp3) is 0.526. The molecule has 1 aromatic heterocycles. The van der Waals surface area contributed by atoms with E-state index >= 15 is 0 Å². The van der Waals surface area contributed by atoms with Gasteiger partial charge in [-0.3, -0.25) is 9.89 Å². The molecule has 148 valence electrons. The van der Waals surface area contributed by atoms with Crippen LogP contribution in [-0.4, -0.2) is 61.3 Å². The summed E-state index contributed by atoms with van der Waals surface area (Å²) >= 11 is 0. The summed E-state index contributed by atoms with van der Waals surface area (Å²) in [4.78, 5) is 8.91. The maximum absolute atomic E-state index is 12.5. The molecule has 1 unspecified atom stereocenters. The maximum Gasteiger partial charge on any atom is 0.401 e. The average Bonchev–Trinajstić information content (AvgIpc) is 3.19. The van der Waals surface area contributed by atoms with Crippen LogP contribution in [0.2, 0.25) is 0 Å². The van der Waals surface area contributed by atoms with Crippen LogP contribution >= 0.6 is 0 Å². The van der Waals surface area contributed by atoms with Gasteiger partial charge in [-0.05, 0) is 37.0 Å². The van der Waals surface area contributed by atoms with Crippen LogP contribution in [-0.2, 0) is 6.42 Å². The minimum Gasteiger partial charge on any atom is -0.361 e. The molecule has 0 aliphatic carbocycles. The smallest absolute Gasteiger partial charge is 0.361 e. The number of hydrogen-bond acceptors (Lipinski definition) is 2. The summed E-state index contributed by atoms with van der Waals surface area (Å²) in [5.41, 5.74) is 3.57. The number of aromatic nitrogens is 1. The first-order chi connectivity index (χ1) is 12.8. The van der Waals surface area contributed by atoms with E-state index in [9.17, 15) is 13.2 Å². The highest BCUT2D eigenvalue weighted by Crippen LogP contribution is 2.20. The SMILES string of the molecule is CN=C(NCCc1c[nH]c2cc(C)ccc12)NC1CCN(CC(F)(F)F)C1. The number of rotatable bonds is 5. The summed E-state index contributed by atoms with van der Waals surface area (Å²) < 4.78 is 37.5. The average molecular weight is 381 g/mol. The molecule has 0 spiro atoms. The summed E-state index contributed by atoms with van der Waals surface area (Å²) in [5.74, 6) is 0.629. The Hall–Kier alpha value is -2.22. The van der Waals surface area contributed by atoms with E-state index in [2.05, 4.69) is 45.7 Å². The Morgan fingerprint density at radius 2 is 2.19 bits per heavy atom. The van der Waals surface area contributed by atoms with Crippen LogP contribution in [0.3, 0.4) is 0 Å². The summed E-state index contributed by atoms with van der Waals surface area (Å²) in [7, 11) is 1.67. The highest BCUT2D eigenvalue weighted by atomic mass is 19.4. The Morgan fingerprint density at radius 3 is 2.93 bits per heavy atom. The van der Waals surface area contributed by atoms with E-state index in [1.54, 1.807) is 7.05 Å². The van der Waals surface area contributed by atoms with Crippen molar-refractivity contribution in [3.63, 3.8) is 0 Å². The predicted octanol–water partition coefficient (Wildman–Crippen LogP) is 2.82. The lowest BCUT2D eigenvalue weighted by Crippen LogP contribution is -2.45. The van der Waals surface area contributed by atoms with Gasteiger partial charge < -0.3 is 15.6 Å². The van der Waals surface area contributed by atoms with E-state index in [0.29, 0.717) is 32.0 Å². The lowest BCUT2D eigenvalue weighted by atomic mass is 10.1. The number of aliphatic imine (C=N–C) groups is 1. The highest BCUT2D eigenvalue weighted by molar-refractivity contribution is 5.84. The zero-order valence-corrected chi connectivity index (χ0v) is 15.7. The summed E-state index contributed by atoms with van der Waals surface area (Å²) in [6.07, 6.45) is -0.617. The molecule has 3 N–H and O–H groups in total. The van der Waals surface area contributed by atoms with Crippen molar-refractivity contribution in [3.05, 3.63) is 35.5 Å². The van der Waals surface area contributed by atoms with Crippen molar-refractivity contribution in [1.82, 2.24) is 20.5 Å². The van der Waals surface area contributed by atoms with Crippen LogP contribution in [0.25, 0.3) is 10.9 Å². The first kappa shape index (κ1) is 19.5. The Morgan fingerprint density at radius 1 is 1.37 bits per heavy atom. The van der Waals surface area contributed by atoms with Crippen molar-refractivity contribution in [3.8, 4) is 0 Å². The third kappa shape index (κ3) is 5.38. The number of nitrogens with zero attached hydrogens (tertiary/aromatic N) is 2. The molecule has 0 radical (unpaired) electrons. The molecule has 0 bridgehead atoms. The quantitative estimate of drug-likeness (QED) is 0.552. The number of hydrogen-bond donors (Lipinski definition) is 3. The van der Waals surface area contributed by atoms with E-state index in [1.165, 1.54) is 21.4 Å². The largest absolute Gasteiger partial charge is 0.401 e. The molecule has 2 heterocycles. The number of H-pyrrole nitrogens is 1. The lowest BCUT2D eigenvalue weighted by Gasteiger charge is -2.19. The van der Waals surface area contributed by atoms with Crippen molar-refractivity contribution in [1.29, 1.82) is 0 Å². The van der Waals surface area contributed by atoms with Gasteiger partial charge in [0.2, 0.25) is 0 Å². The molecule has 3 rings (SSSR count). The molecule has 1 atom stereocenters. The van der Waals surface area contributed by atoms with Crippen molar-refractivity contribution >= 4 is 16.9 Å². The molecule has 1 aliphatic heterocycles. The van der Waals surface area contributed by atoms with Crippen LogP contribution in [0.15, 0.2) is 29.4 Å². The van der Waals surface area contributed by atoms with Crippen LogP contribution in [0.4, 0.5) is 13.2 Å². The number of alkyl halides is 3. The van der Waals surface area contributed by atoms with Crippen LogP contribution in [0.1, 0.15) is 17.5 Å². The molecule has 5 nitrogen and oxygen atoms in total. The van der Waals surface area contributed by atoms with Gasteiger partial charge in [0.25, 0.3) is 0 Å². The van der Waals surface area contributed by atoms with E-state index < -0.39 is 12.7 Å². The van der Waals surface area contributed by atoms with Gasteiger partial charge in [-0.25, -0.2) is 0 Å². The number of benzene rings is 1. The number of guanidine groups is 1. The zero-order valence-electron chi connectivity index (χ0n) is 15.7. The van der Waals surface area contributed by atoms with Gasteiger partial charge in [-0.15, -0.1) is 0 Å². The van der Waals surface area contributed by atoms with Gasteiger partial charge in [0.1, 0.15) is 0 Å². The maximum atomic E-state index is 12.5. The van der Waals surface area contributed by atoms with E-state index in [0.717, 1.165) is 11.9 Å². The number of fused-ring (bicyclic) bond motifs is 1. The number of likely N-dealkylation sites (tertiary alicyclic amines) is 1. The minimum atomic E-state index is -4.15. The number of aromatic amines is 1. The molecule has 1 fully saturated rings. The van der Waals surface area contributed by atoms with Crippen molar-refractivity contribution in [2.75, 3.05) is 33.2 Å². The Bertz CT molecular complexity index is 796. The summed E-state index contributed by atoms with van der Waals surface area (Å²) in [6, 6.07) is 6.33. The molecule has 27 heavy (non-hydrogen) atoms. The van der Waals surface area contributed by atoms with Gasteiger partial charge in [0.05, 0.1) is 6.54 Å². The molecule has 2 aromatic rings. The Labute approximate surface area is 157 Å². The predicted molar refractivity (Wildman–Crippen MR) is 102 cm³/mol. The zero-order chi connectivity index (χ0) is 19.4. The topological polar surface area (TPSA) is 55.5 Å². The number of halogens is 3. The standard InChI is InChI=1S/C19H26F3N5/c1-13-3-4-16-14(10-25-17(16)9-13)5-7-24-18(23-2)26-15-6-8-27(11-15)12-19(20,21)22/h3-4,9-10,15,25H,5-8,11-12H2,1-2H3,(H2,23,24,26). The van der Waals surface area contributed by atoms with Crippen LogP contribution in [0, 0.1) is 6.92 Å². The number of aryl methyl sites for hydroxylation is 1. The van der Waals surface area contributed by atoms with Gasteiger partial charge in [0, 0.05) is 49.8 Å². The Kier molecular flexibility index (Phi) is 5.94. The molecule has 1 aliphatic rings. The molecule has 8 heteroatoms. The van der Waals surface area contributed by atoms with E-state index in [4.69, 9.17) is 0 Å². The monoisotopic (exact) mass is 381 g/mol. The molecular weight excluding hydrogens is 355 g/mol. The molecule has 1 saturated heterocycles. The van der Waals surface area contributed by atoms with Crippen LogP contribution in [0.5, 0.6) is 0 Å². The summed E-state index contributed by atoms with van der Waals surface area (Å²) in [5, 5.41) is 7.70. The molecule has 0 saturated carbocycles. The first-order valence-corrected chi connectivity index (χ1v) is 9.17. The highest BCUT2D eigenvalue weighted by Gasteiger charge is 2.34. The normalized spacial score (nSPS) is 19.0. The first-order valence-electron chi connectivity index (χ1n) is 9.17. The van der Waals surface area contributed by atoms with E-state index in [-0.39, 0.29) is 6.04 Å². The molecular formula is C19H26F3N5. The second-order valence-electron chi connectivity index (χ2n) is 7.09. The van der Waals surface area contributed by atoms with Crippen molar-refractivity contribution in [2.24, 2.45) is 4.99 Å². The van der Waals surface area contributed by atoms with Gasteiger partial charge in [0.15, 0.2) is 5.96 Å². The fourth-order valence-corrected chi connectivity index (χ4v) is 3.56. The molecule has 0 amide bonds. The van der Waals surface area contributed by atoms with Crippen molar-refractivity contribution < 1.29 is 13.2 Å².